The highest BCUT2D eigenvalue weighted by Gasteiger charge is 2.21. The summed E-state index contributed by atoms with van der Waals surface area (Å²) in [5, 5.41) is 9.81. The minimum atomic E-state index is -1.05. The van der Waals surface area contributed by atoms with Gasteiger partial charge in [-0.05, 0) is 55.2 Å². The number of carbonyl (C=O) groups is 1. The fourth-order valence-corrected chi connectivity index (χ4v) is 4.11. The first-order valence-electron chi connectivity index (χ1n) is 10.8. The number of aryl methyl sites for hydroxylation is 1. The van der Waals surface area contributed by atoms with Crippen molar-refractivity contribution in [2.75, 3.05) is 18.0 Å². The number of aromatic nitrogens is 2. The molecule has 0 atom stereocenters. The Kier molecular flexibility index (Phi) is 7.05. The van der Waals surface area contributed by atoms with Crippen LogP contribution < -0.4 is 9.64 Å². The number of benzene rings is 2. The van der Waals surface area contributed by atoms with Crippen molar-refractivity contribution in [1.29, 1.82) is 0 Å². The largest absolute Gasteiger partial charge is 0.488 e. The Balaban J connectivity index is 1.71. The highest BCUT2D eigenvalue weighted by molar-refractivity contribution is 9.10. The van der Waals surface area contributed by atoms with Gasteiger partial charge < -0.3 is 14.7 Å². The topological polar surface area (TPSA) is 75.6 Å². The molecule has 1 saturated heterocycles. The van der Waals surface area contributed by atoms with Gasteiger partial charge in [0, 0.05) is 29.3 Å². The van der Waals surface area contributed by atoms with E-state index in [9.17, 15) is 9.90 Å². The quantitative estimate of drug-likeness (QED) is 0.460. The van der Waals surface area contributed by atoms with E-state index >= 15 is 0 Å². The van der Waals surface area contributed by atoms with Crippen LogP contribution in [0.25, 0.3) is 11.3 Å². The van der Waals surface area contributed by atoms with Crippen LogP contribution in [-0.2, 0) is 6.61 Å². The van der Waals surface area contributed by atoms with E-state index in [1.165, 1.54) is 19.0 Å². The number of anilines is 1. The van der Waals surface area contributed by atoms with Gasteiger partial charge in [-0.3, -0.25) is 0 Å². The van der Waals surface area contributed by atoms with Crippen LogP contribution in [0.2, 0.25) is 0 Å². The van der Waals surface area contributed by atoms with Crippen LogP contribution >= 0.6 is 15.9 Å². The van der Waals surface area contributed by atoms with Crippen LogP contribution in [0.3, 0.4) is 0 Å². The first kappa shape index (κ1) is 22.3. The molecule has 6 nitrogen and oxygen atoms in total. The summed E-state index contributed by atoms with van der Waals surface area (Å²) in [4.78, 5) is 23.3. The minimum Gasteiger partial charge on any atom is -0.488 e. The zero-order valence-corrected chi connectivity index (χ0v) is 19.6. The maximum atomic E-state index is 12.0. The summed E-state index contributed by atoms with van der Waals surface area (Å²) in [5.74, 6) is 0.129. The van der Waals surface area contributed by atoms with Crippen LogP contribution in [0.15, 0.2) is 53.1 Å². The van der Waals surface area contributed by atoms with Gasteiger partial charge in [-0.2, -0.15) is 0 Å². The molecule has 0 aliphatic carbocycles. The predicted octanol–water partition coefficient (Wildman–Crippen LogP) is 5.87. The standard InChI is InChI=1S/C25H26BrN3O3/c1-17-6-11-20(22(14-17)32-16-18-7-9-19(26)10-8-18)23-21(24(30)31)15-27-25(28-23)29-12-4-2-3-5-13-29/h6-11,14-15H,2-5,12-13,16H2,1H3,(H,30,31). The number of rotatable bonds is 6. The third-order valence-corrected chi connectivity index (χ3v) is 6.12. The van der Waals surface area contributed by atoms with Gasteiger partial charge >= 0.3 is 5.97 Å². The lowest BCUT2D eigenvalue weighted by Crippen LogP contribution is -2.26. The van der Waals surface area contributed by atoms with Crippen LogP contribution in [0.1, 0.15) is 47.2 Å². The summed E-state index contributed by atoms with van der Waals surface area (Å²) in [6.45, 7) is 4.12. The highest BCUT2D eigenvalue weighted by Crippen LogP contribution is 2.34. The lowest BCUT2D eigenvalue weighted by Gasteiger charge is -2.21. The van der Waals surface area contributed by atoms with E-state index in [0.717, 1.165) is 41.5 Å². The average Bonchev–Trinajstić information content (AvgIpc) is 3.08. The molecular formula is C25H26BrN3O3. The molecule has 32 heavy (non-hydrogen) atoms. The number of hydrogen-bond acceptors (Lipinski definition) is 5. The van der Waals surface area contributed by atoms with Crippen molar-refractivity contribution < 1.29 is 14.6 Å². The summed E-state index contributed by atoms with van der Waals surface area (Å²) in [6.07, 6.45) is 5.99. The molecule has 1 fully saturated rings. The Bertz CT molecular complexity index is 1090. The third kappa shape index (κ3) is 5.27. The highest BCUT2D eigenvalue weighted by atomic mass is 79.9. The molecule has 0 spiro atoms. The van der Waals surface area contributed by atoms with Gasteiger partial charge in [0.15, 0.2) is 0 Å². The van der Waals surface area contributed by atoms with Gasteiger partial charge in [-0.25, -0.2) is 14.8 Å². The molecule has 7 heteroatoms. The number of carboxylic acids is 1. The lowest BCUT2D eigenvalue weighted by atomic mass is 10.0. The Morgan fingerprint density at radius 2 is 1.81 bits per heavy atom. The van der Waals surface area contributed by atoms with Gasteiger partial charge in [-0.1, -0.05) is 47.0 Å². The molecule has 1 N–H and O–H groups in total. The molecule has 0 bridgehead atoms. The molecule has 4 rings (SSSR count). The molecule has 0 unspecified atom stereocenters. The van der Waals surface area contributed by atoms with Crippen LogP contribution in [0.4, 0.5) is 5.95 Å². The molecule has 0 radical (unpaired) electrons. The molecule has 2 aromatic carbocycles. The van der Waals surface area contributed by atoms with Crippen LogP contribution in [0, 0.1) is 6.92 Å². The van der Waals surface area contributed by atoms with Gasteiger partial charge in [0.05, 0.1) is 5.69 Å². The monoisotopic (exact) mass is 495 g/mol. The SMILES string of the molecule is Cc1ccc(-c2nc(N3CCCCCC3)ncc2C(=O)O)c(OCc2ccc(Br)cc2)c1. The number of aromatic carboxylic acids is 1. The van der Waals surface area contributed by atoms with Crippen molar-refractivity contribution in [1.82, 2.24) is 9.97 Å². The molecule has 1 aromatic heterocycles. The summed E-state index contributed by atoms with van der Waals surface area (Å²) < 4.78 is 7.16. The minimum absolute atomic E-state index is 0.0703. The van der Waals surface area contributed by atoms with Crippen LogP contribution in [-0.4, -0.2) is 34.1 Å². The number of nitrogens with zero attached hydrogens (tertiary/aromatic N) is 3. The molecule has 0 saturated carbocycles. The molecule has 1 aliphatic heterocycles. The molecular weight excluding hydrogens is 470 g/mol. The summed E-state index contributed by atoms with van der Waals surface area (Å²) >= 11 is 3.44. The van der Waals surface area contributed by atoms with Gasteiger partial charge in [-0.15, -0.1) is 0 Å². The first-order chi connectivity index (χ1) is 15.5. The van der Waals surface area contributed by atoms with Crippen molar-refractivity contribution >= 4 is 27.8 Å². The zero-order chi connectivity index (χ0) is 22.5. The normalized spacial score (nSPS) is 14.1. The van der Waals surface area contributed by atoms with E-state index in [4.69, 9.17) is 9.72 Å². The number of ether oxygens (including phenoxy) is 1. The predicted molar refractivity (Wildman–Crippen MR) is 128 cm³/mol. The zero-order valence-electron chi connectivity index (χ0n) is 18.1. The second-order valence-electron chi connectivity index (χ2n) is 8.05. The summed E-state index contributed by atoms with van der Waals surface area (Å²) in [7, 11) is 0. The molecule has 3 aromatic rings. The maximum Gasteiger partial charge on any atom is 0.339 e. The van der Waals surface area contributed by atoms with Gasteiger partial charge in [0.25, 0.3) is 0 Å². The fourth-order valence-electron chi connectivity index (χ4n) is 3.84. The van der Waals surface area contributed by atoms with Crippen molar-refractivity contribution in [3.8, 4) is 17.0 Å². The van der Waals surface area contributed by atoms with E-state index in [1.54, 1.807) is 0 Å². The van der Waals surface area contributed by atoms with E-state index in [1.807, 2.05) is 49.4 Å². The lowest BCUT2D eigenvalue weighted by molar-refractivity contribution is 0.0697. The van der Waals surface area contributed by atoms with Crippen LogP contribution in [0.5, 0.6) is 5.75 Å². The fraction of sp³-hybridized carbons (Fsp3) is 0.320. The maximum absolute atomic E-state index is 12.0. The molecule has 166 valence electrons. The molecule has 1 aliphatic rings. The smallest absolute Gasteiger partial charge is 0.339 e. The van der Waals surface area contributed by atoms with Crippen molar-refractivity contribution in [2.45, 2.75) is 39.2 Å². The van der Waals surface area contributed by atoms with Crippen molar-refractivity contribution in [3.63, 3.8) is 0 Å². The Morgan fingerprint density at radius 1 is 1.09 bits per heavy atom. The second-order valence-corrected chi connectivity index (χ2v) is 8.97. The first-order valence-corrected chi connectivity index (χ1v) is 11.6. The van der Waals surface area contributed by atoms with Crippen molar-refractivity contribution in [3.05, 3.63) is 69.8 Å². The van der Waals surface area contributed by atoms with E-state index < -0.39 is 5.97 Å². The Labute approximate surface area is 196 Å². The molecule has 2 heterocycles. The summed E-state index contributed by atoms with van der Waals surface area (Å²) in [5.41, 5.74) is 3.16. The Morgan fingerprint density at radius 3 is 2.50 bits per heavy atom. The number of halogens is 1. The molecule has 0 amide bonds. The van der Waals surface area contributed by atoms with Gasteiger partial charge in [0.1, 0.15) is 17.9 Å². The second kappa shape index (κ2) is 10.1. The van der Waals surface area contributed by atoms with E-state index in [-0.39, 0.29) is 5.56 Å². The Hall–Kier alpha value is -2.93. The van der Waals surface area contributed by atoms with Gasteiger partial charge in [0.2, 0.25) is 5.95 Å². The van der Waals surface area contributed by atoms with E-state index in [0.29, 0.717) is 29.6 Å². The average molecular weight is 496 g/mol. The summed E-state index contributed by atoms with van der Waals surface area (Å²) in [6, 6.07) is 13.7. The number of hydrogen-bond donors (Lipinski definition) is 1. The van der Waals surface area contributed by atoms with E-state index in [2.05, 4.69) is 25.8 Å². The van der Waals surface area contributed by atoms with Crippen molar-refractivity contribution in [2.24, 2.45) is 0 Å². The third-order valence-electron chi connectivity index (χ3n) is 5.60. The number of carboxylic acid groups (broad SMARTS) is 1.